The summed E-state index contributed by atoms with van der Waals surface area (Å²) >= 11 is 0. The van der Waals surface area contributed by atoms with E-state index in [-0.39, 0.29) is 0 Å². The summed E-state index contributed by atoms with van der Waals surface area (Å²) in [5, 5.41) is 0. The highest BCUT2D eigenvalue weighted by Gasteiger charge is 2.48. The molecule has 0 spiro atoms. The van der Waals surface area contributed by atoms with Crippen LogP contribution in [0.1, 0.15) is 16.7 Å². The average Bonchev–Trinajstić information content (AvgIpc) is 2.41. The van der Waals surface area contributed by atoms with Crippen LogP contribution in [0.4, 0.5) is 0 Å². The van der Waals surface area contributed by atoms with Crippen LogP contribution in [0.3, 0.4) is 0 Å². The first-order chi connectivity index (χ1) is 9.58. The summed E-state index contributed by atoms with van der Waals surface area (Å²) in [5.41, 5.74) is 3.57. The number of hydrogen-bond acceptors (Lipinski definition) is 3. The number of terminal acetylenes is 3. The van der Waals surface area contributed by atoms with Crippen LogP contribution in [0.5, 0.6) is 0 Å². The van der Waals surface area contributed by atoms with E-state index in [1.165, 1.54) is 11.1 Å². The second-order valence-electron chi connectivity index (χ2n) is 4.20. The van der Waals surface area contributed by atoms with Crippen molar-refractivity contribution in [2.75, 3.05) is 0 Å². The van der Waals surface area contributed by atoms with Crippen LogP contribution in [0, 0.1) is 51.4 Å². The smallest absolute Gasteiger partial charge is 0.432 e. The van der Waals surface area contributed by atoms with Crippen molar-refractivity contribution in [3.63, 3.8) is 0 Å². The lowest BCUT2D eigenvalue weighted by Crippen LogP contribution is -2.42. The van der Waals surface area contributed by atoms with Crippen molar-refractivity contribution in [2.24, 2.45) is 0 Å². The van der Waals surface area contributed by atoms with E-state index < -0.39 is 8.80 Å². The fourth-order valence-corrected chi connectivity index (χ4v) is 3.40. The third-order valence-corrected chi connectivity index (χ3v) is 5.21. The lowest BCUT2D eigenvalue weighted by molar-refractivity contribution is 0.212. The molecule has 0 heterocycles. The van der Waals surface area contributed by atoms with Crippen molar-refractivity contribution >= 4 is 8.80 Å². The van der Waals surface area contributed by atoms with Gasteiger partial charge < -0.3 is 13.3 Å². The van der Waals surface area contributed by atoms with E-state index in [2.05, 4.69) is 38.2 Å². The van der Waals surface area contributed by atoms with Crippen molar-refractivity contribution in [1.82, 2.24) is 0 Å². The summed E-state index contributed by atoms with van der Waals surface area (Å²) in [6.45, 7) is 4.11. The van der Waals surface area contributed by atoms with Crippen LogP contribution < -0.4 is 0 Å². The molecular formula is C16H16O3Si. The van der Waals surface area contributed by atoms with E-state index in [4.69, 9.17) is 32.5 Å². The van der Waals surface area contributed by atoms with E-state index in [1.807, 2.05) is 12.1 Å². The summed E-state index contributed by atoms with van der Waals surface area (Å²) in [6, 6.07) is 6.49. The number of benzene rings is 1. The minimum atomic E-state index is -3.23. The molecular weight excluding hydrogens is 268 g/mol. The normalized spacial score (nSPS) is 9.75. The number of aryl methyl sites for hydroxylation is 2. The van der Waals surface area contributed by atoms with Gasteiger partial charge in [0.05, 0.1) is 24.4 Å². The Labute approximate surface area is 121 Å². The predicted molar refractivity (Wildman–Crippen MR) is 79.9 cm³/mol. The fourth-order valence-electron chi connectivity index (χ4n) is 1.86. The first-order valence-corrected chi connectivity index (χ1v) is 7.97. The second-order valence-corrected chi connectivity index (χ2v) is 6.68. The third kappa shape index (κ3) is 3.75. The Morgan fingerprint density at radius 3 is 2.05 bits per heavy atom. The van der Waals surface area contributed by atoms with Crippen molar-refractivity contribution in [3.05, 3.63) is 34.9 Å². The van der Waals surface area contributed by atoms with Crippen LogP contribution in [0.2, 0.25) is 6.04 Å². The maximum absolute atomic E-state index is 5.16. The molecule has 0 saturated heterocycles. The van der Waals surface area contributed by atoms with Gasteiger partial charge in [-0.1, -0.05) is 37.5 Å². The summed E-state index contributed by atoms with van der Waals surface area (Å²) < 4.78 is 15.4. The van der Waals surface area contributed by atoms with Gasteiger partial charge in [0.1, 0.15) is 0 Å². The maximum atomic E-state index is 5.16. The van der Waals surface area contributed by atoms with Crippen LogP contribution in [0.15, 0.2) is 18.2 Å². The van der Waals surface area contributed by atoms with Gasteiger partial charge in [0.15, 0.2) is 0 Å². The molecule has 1 aromatic carbocycles. The zero-order valence-corrected chi connectivity index (χ0v) is 12.6. The summed E-state index contributed by atoms with van der Waals surface area (Å²) in [4.78, 5) is 0. The highest BCUT2D eigenvalue weighted by Crippen LogP contribution is 2.21. The lowest BCUT2D eigenvalue weighted by atomic mass is 10.0. The second kappa shape index (κ2) is 7.19. The molecule has 1 aromatic rings. The quantitative estimate of drug-likeness (QED) is 0.593. The molecule has 0 bridgehead atoms. The Balaban J connectivity index is 2.91. The Kier molecular flexibility index (Phi) is 5.60. The first-order valence-electron chi connectivity index (χ1n) is 6.04. The highest BCUT2D eigenvalue weighted by atomic mass is 28.4. The summed E-state index contributed by atoms with van der Waals surface area (Å²) in [7, 11) is -3.23. The highest BCUT2D eigenvalue weighted by molar-refractivity contribution is 6.61. The molecule has 0 fully saturated rings. The van der Waals surface area contributed by atoms with Crippen LogP contribution in [-0.2, 0) is 19.7 Å². The van der Waals surface area contributed by atoms with E-state index in [0.717, 1.165) is 5.56 Å². The monoisotopic (exact) mass is 284 g/mol. The van der Waals surface area contributed by atoms with Crippen molar-refractivity contribution in [2.45, 2.75) is 26.3 Å². The van der Waals surface area contributed by atoms with Gasteiger partial charge in [0.25, 0.3) is 0 Å². The van der Waals surface area contributed by atoms with Gasteiger partial charge in [0.2, 0.25) is 0 Å². The molecule has 4 heteroatoms. The molecule has 0 aliphatic heterocycles. The molecule has 0 aliphatic rings. The number of hydrogen-bond donors (Lipinski definition) is 0. The molecule has 1 rings (SSSR count). The van der Waals surface area contributed by atoms with Crippen molar-refractivity contribution in [1.29, 1.82) is 0 Å². The van der Waals surface area contributed by atoms with E-state index in [0.29, 0.717) is 12.5 Å². The van der Waals surface area contributed by atoms with Crippen molar-refractivity contribution < 1.29 is 13.3 Å². The molecule has 0 saturated carbocycles. The largest absolute Gasteiger partial charge is 0.725 e. The Bertz CT molecular complexity index is 546. The molecule has 0 aliphatic carbocycles. The summed E-state index contributed by atoms with van der Waals surface area (Å²) in [5.74, 6) is 0. The Morgan fingerprint density at radius 2 is 1.55 bits per heavy atom. The molecule has 0 amide bonds. The molecule has 0 unspecified atom stereocenters. The maximum Gasteiger partial charge on any atom is 0.725 e. The van der Waals surface area contributed by atoms with E-state index in [1.54, 1.807) is 0 Å². The van der Waals surface area contributed by atoms with Crippen LogP contribution >= 0.6 is 0 Å². The van der Waals surface area contributed by atoms with Gasteiger partial charge in [-0.15, -0.1) is 0 Å². The van der Waals surface area contributed by atoms with Gasteiger partial charge in [-0.3, -0.25) is 0 Å². The first kappa shape index (κ1) is 15.6. The summed E-state index contributed by atoms with van der Waals surface area (Å²) in [6.07, 6.45) is 22.3. The molecule has 20 heavy (non-hydrogen) atoms. The fraction of sp³-hybridized carbons (Fsp3) is 0.250. The standard InChI is InChI=1S/C16H16O3Si/c1-6-17-20(18-7-2,19-8-3)13-12-16-11-9-10-14(4)15(16)5/h1-3,9-11H,12-13H2,4-5H3. The topological polar surface area (TPSA) is 27.7 Å². The zero-order valence-electron chi connectivity index (χ0n) is 11.6. The van der Waals surface area contributed by atoms with Gasteiger partial charge in [0, 0.05) is 0 Å². The molecule has 102 valence electrons. The van der Waals surface area contributed by atoms with Gasteiger partial charge in [-0.2, -0.15) is 0 Å². The Morgan fingerprint density at radius 1 is 1.00 bits per heavy atom. The predicted octanol–water partition coefficient (Wildman–Crippen LogP) is 2.61. The van der Waals surface area contributed by atoms with E-state index >= 15 is 0 Å². The lowest BCUT2D eigenvalue weighted by Gasteiger charge is -2.21. The molecule has 3 nitrogen and oxygen atoms in total. The SMILES string of the molecule is C#CO[Si](CCc1cccc(C)c1C)(OC#C)OC#C. The van der Waals surface area contributed by atoms with Crippen LogP contribution in [0.25, 0.3) is 0 Å². The van der Waals surface area contributed by atoms with Gasteiger partial charge >= 0.3 is 8.80 Å². The Hall–Kier alpha value is -2.48. The number of rotatable bonds is 6. The van der Waals surface area contributed by atoms with Gasteiger partial charge in [-0.05, 0) is 37.0 Å². The molecule has 0 radical (unpaired) electrons. The molecule has 0 atom stereocenters. The molecule has 0 aromatic heterocycles. The minimum Gasteiger partial charge on any atom is -0.432 e. The van der Waals surface area contributed by atoms with Crippen LogP contribution in [-0.4, -0.2) is 8.80 Å². The zero-order chi connectivity index (χ0) is 15.0. The minimum absolute atomic E-state index is 0.413. The van der Waals surface area contributed by atoms with Crippen molar-refractivity contribution in [3.8, 4) is 37.6 Å². The third-order valence-electron chi connectivity index (χ3n) is 3.06. The average molecular weight is 284 g/mol. The van der Waals surface area contributed by atoms with Gasteiger partial charge in [-0.25, -0.2) is 0 Å². The van der Waals surface area contributed by atoms with E-state index in [9.17, 15) is 0 Å². The molecule has 0 N–H and O–H groups in total.